The molecular weight excluding hydrogens is 344 g/mol. The van der Waals surface area contributed by atoms with Crippen LogP contribution in [0.2, 0.25) is 0 Å². The number of ketones is 2. The summed E-state index contributed by atoms with van der Waals surface area (Å²) in [6, 6.07) is 0. The molecule has 1 heterocycles. The van der Waals surface area contributed by atoms with Crippen LogP contribution in [0.4, 0.5) is 0 Å². The van der Waals surface area contributed by atoms with E-state index in [0.717, 1.165) is 19.3 Å². The zero-order valence-corrected chi connectivity index (χ0v) is 16.2. The molecule has 0 saturated heterocycles. The van der Waals surface area contributed by atoms with Gasteiger partial charge in [-0.3, -0.25) is 9.59 Å². The van der Waals surface area contributed by atoms with Gasteiger partial charge in [-0.25, -0.2) is 0 Å². The highest BCUT2D eigenvalue weighted by atomic mass is 16.5. The molecule has 4 aliphatic carbocycles. The molecule has 2 unspecified atom stereocenters. The Hall–Kier alpha value is -1.46. The number of ether oxygens (including phenoxy) is 1. The Morgan fingerprint density at radius 2 is 2.11 bits per heavy atom. The molecule has 2 bridgehead atoms. The number of carbonyl (C=O) groups excluding carboxylic acids is 2. The highest BCUT2D eigenvalue weighted by molar-refractivity contribution is 6.04. The number of hydrogen-bond acceptors (Lipinski definition) is 5. The minimum atomic E-state index is -1.54. The molecule has 146 valence electrons. The van der Waals surface area contributed by atoms with Gasteiger partial charge in [-0.05, 0) is 55.6 Å². The lowest BCUT2D eigenvalue weighted by molar-refractivity contribution is -0.191. The van der Waals surface area contributed by atoms with Crippen molar-refractivity contribution < 1.29 is 24.5 Å². The second-order valence-corrected chi connectivity index (χ2v) is 9.92. The van der Waals surface area contributed by atoms with Crippen molar-refractivity contribution in [3.8, 4) is 0 Å². The summed E-state index contributed by atoms with van der Waals surface area (Å²) in [5, 5.41) is 21.1. The minimum Gasteiger partial charge on any atom is -0.486 e. The van der Waals surface area contributed by atoms with E-state index in [1.165, 1.54) is 5.57 Å². The lowest BCUT2D eigenvalue weighted by Crippen LogP contribution is -2.64. The van der Waals surface area contributed by atoms with Crippen LogP contribution in [0.3, 0.4) is 0 Å². The molecule has 1 aliphatic heterocycles. The van der Waals surface area contributed by atoms with Crippen molar-refractivity contribution >= 4 is 11.6 Å². The number of carbonyl (C=O) groups is 2. The maximum Gasteiger partial charge on any atom is 0.220 e. The van der Waals surface area contributed by atoms with Gasteiger partial charge in [-0.2, -0.15) is 0 Å². The maximum absolute atomic E-state index is 12.7. The third-order valence-electron chi connectivity index (χ3n) is 8.97. The smallest absolute Gasteiger partial charge is 0.220 e. The molecule has 0 aromatic heterocycles. The van der Waals surface area contributed by atoms with E-state index < -0.39 is 23.4 Å². The molecule has 0 amide bonds. The number of fused-ring (bicyclic) bond motifs is 2. The largest absolute Gasteiger partial charge is 0.486 e. The van der Waals surface area contributed by atoms with Crippen LogP contribution in [-0.4, -0.2) is 40.1 Å². The van der Waals surface area contributed by atoms with Gasteiger partial charge in [0.1, 0.15) is 18.3 Å². The third kappa shape index (κ3) is 1.83. The fourth-order valence-electron chi connectivity index (χ4n) is 7.77. The number of aliphatic hydroxyl groups is 2. The summed E-state index contributed by atoms with van der Waals surface area (Å²) in [6.07, 6.45) is 6.79. The zero-order valence-electron chi connectivity index (χ0n) is 16.2. The van der Waals surface area contributed by atoms with Crippen LogP contribution in [-0.2, 0) is 14.3 Å². The van der Waals surface area contributed by atoms with Crippen LogP contribution in [0.5, 0.6) is 0 Å². The SMILES string of the molecule is CC1C[C@H]2[C@@H]3CCC4=CC(=O)C5=C[C@]4(C)[C@H]3C(C[C@]2(C)[C@@]1(O)C(=O)CO)O5. The Kier molecular flexibility index (Phi) is 3.34. The summed E-state index contributed by atoms with van der Waals surface area (Å²) in [4.78, 5) is 25.1. The molecule has 3 fully saturated rings. The molecule has 8 atom stereocenters. The van der Waals surface area contributed by atoms with Crippen molar-refractivity contribution in [3.63, 3.8) is 0 Å². The second-order valence-electron chi connectivity index (χ2n) is 9.92. The molecule has 27 heavy (non-hydrogen) atoms. The molecule has 5 aliphatic rings. The van der Waals surface area contributed by atoms with Gasteiger partial charge in [0.05, 0.1) is 0 Å². The van der Waals surface area contributed by atoms with Crippen LogP contribution < -0.4 is 0 Å². The van der Waals surface area contributed by atoms with E-state index in [4.69, 9.17) is 4.74 Å². The van der Waals surface area contributed by atoms with Crippen molar-refractivity contribution in [2.24, 2.45) is 34.5 Å². The van der Waals surface area contributed by atoms with Crippen molar-refractivity contribution in [1.82, 2.24) is 0 Å². The second kappa shape index (κ2) is 5.12. The Balaban J connectivity index is 1.64. The normalized spacial score (nSPS) is 52.5. The summed E-state index contributed by atoms with van der Waals surface area (Å²) in [5.41, 5.74) is -1.14. The number of hydrogen-bond donors (Lipinski definition) is 2. The molecular formula is C22H28O5. The van der Waals surface area contributed by atoms with E-state index in [-0.39, 0.29) is 35.1 Å². The van der Waals surface area contributed by atoms with Crippen LogP contribution in [0.25, 0.3) is 0 Å². The van der Waals surface area contributed by atoms with Crippen LogP contribution >= 0.6 is 0 Å². The average molecular weight is 372 g/mol. The Morgan fingerprint density at radius 1 is 1.37 bits per heavy atom. The number of aliphatic hydroxyl groups excluding tert-OH is 1. The van der Waals surface area contributed by atoms with E-state index in [9.17, 15) is 19.8 Å². The quantitative estimate of drug-likeness (QED) is 0.776. The van der Waals surface area contributed by atoms with Crippen molar-refractivity contribution in [1.29, 1.82) is 0 Å². The van der Waals surface area contributed by atoms with E-state index in [0.29, 0.717) is 18.1 Å². The van der Waals surface area contributed by atoms with E-state index in [1.54, 1.807) is 6.08 Å². The molecule has 0 aromatic rings. The van der Waals surface area contributed by atoms with Gasteiger partial charge in [0, 0.05) is 16.7 Å². The molecule has 2 N–H and O–H groups in total. The predicted molar refractivity (Wildman–Crippen MR) is 97.4 cm³/mol. The summed E-state index contributed by atoms with van der Waals surface area (Å²) in [7, 11) is 0. The van der Waals surface area contributed by atoms with Crippen LogP contribution in [0, 0.1) is 34.5 Å². The van der Waals surface area contributed by atoms with Crippen molar-refractivity contribution in [2.45, 2.75) is 58.2 Å². The number of rotatable bonds is 2. The van der Waals surface area contributed by atoms with Crippen LogP contribution in [0.1, 0.15) is 46.5 Å². The Morgan fingerprint density at radius 3 is 2.81 bits per heavy atom. The van der Waals surface area contributed by atoms with Crippen molar-refractivity contribution in [3.05, 3.63) is 23.5 Å². The summed E-state index contributed by atoms with van der Waals surface area (Å²) in [6.45, 7) is 5.52. The van der Waals surface area contributed by atoms with Crippen LogP contribution in [0.15, 0.2) is 23.5 Å². The summed E-state index contributed by atoms with van der Waals surface area (Å²) < 4.78 is 6.19. The first kappa shape index (κ1) is 17.6. The molecule has 0 aromatic carbocycles. The fraction of sp³-hybridized carbons (Fsp3) is 0.727. The number of Topliss-reactive ketones (excluding diaryl/α,β-unsaturated/α-hetero) is 1. The van der Waals surface area contributed by atoms with Gasteiger partial charge in [-0.1, -0.05) is 26.3 Å². The van der Waals surface area contributed by atoms with Gasteiger partial charge >= 0.3 is 0 Å². The Labute approximate surface area is 159 Å². The average Bonchev–Trinajstić information content (AvgIpc) is 2.83. The first-order valence-corrected chi connectivity index (χ1v) is 10.2. The Bertz CT molecular complexity index is 812. The fourth-order valence-corrected chi connectivity index (χ4v) is 7.77. The molecule has 0 spiro atoms. The summed E-state index contributed by atoms with van der Waals surface area (Å²) >= 11 is 0. The predicted octanol–water partition coefficient (Wildman–Crippen LogP) is 2.17. The van der Waals surface area contributed by atoms with E-state index in [1.807, 2.05) is 19.9 Å². The monoisotopic (exact) mass is 372 g/mol. The lowest BCUT2D eigenvalue weighted by Gasteiger charge is -2.62. The van der Waals surface area contributed by atoms with Gasteiger partial charge in [0.25, 0.3) is 0 Å². The standard InChI is InChI=1S/C22H28O5/c1-11-6-14-13-5-4-12-7-15(24)16-8-20(12,2)19(13)17(27-16)9-21(14,3)22(11,26)18(25)10-23/h7-8,11,13-14,17,19,23,26H,4-6,9-10H2,1-3H3/t11?,13-,14-,17?,19+,20-,21-,22-/m0/s1. The molecule has 0 radical (unpaired) electrons. The molecule has 5 nitrogen and oxygen atoms in total. The highest BCUT2D eigenvalue weighted by Gasteiger charge is 2.71. The molecule has 5 heteroatoms. The van der Waals surface area contributed by atoms with Gasteiger partial charge in [0.2, 0.25) is 5.78 Å². The van der Waals surface area contributed by atoms with E-state index >= 15 is 0 Å². The van der Waals surface area contributed by atoms with Crippen molar-refractivity contribution in [2.75, 3.05) is 6.61 Å². The van der Waals surface area contributed by atoms with Gasteiger partial charge < -0.3 is 14.9 Å². The molecule has 3 saturated carbocycles. The third-order valence-corrected chi connectivity index (χ3v) is 8.97. The summed E-state index contributed by atoms with van der Waals surface area (Å²) in [5.74, 6) is 0.503. The number of allylic oxidation sites excluding steroid dienone is 3. The van der Waals surface area contributed by atoms with E-state index in [2.05, 4.69) is 6.92 Å². The lowest BCUT2D eigenvalue weighted by atomic mass is 9.45. The molecule has 5 rings (SSSR count). The first-order valence-electron chi connectivity index (χ1n) is 10.2. The minimum absolute atomic E-state index is 0.0619. The topological polar surface area (TPSA) is 83.8 Å². The van der Waals surface area contributed by atoms with Gasteiger partial charge in [-0.15, -0.1) is 0 Å². The van der Waals surface area contributed by atoms with Gasteiger partial charge in [0.15, 0.2) is 11.5 Å². The zero-order chi connectivity index (χ0) is 19.4. The highest BCUT2D eigenvalue weighted by Crippen LogP contribution is 2.70. The maximum atomic E-state index is 12.7. The first-order chi connectivity index (χ1) is 12.7.